The van der Waals surface area contributed by atoms with Crippen molar-refractivity contribution in [3.8, 4) is 11.5 Å². The third-order valence-corrected chi connectivity index (χ3v) is 10.1. The van der Waals surface area contributed by atoms with Crippen molar-refractivity contribution >= 4 is 22.8 Å². The fourth-order valence-electron chi connectivity index (χ4n) is 7.56. The maximum absolute atomic E-state index is 6.39. The number of aromatic nitrogens is 5. The molecule has 2 spiro atoms. The molecule has 226 valence electrons. The van der Waals surface area contributed by atoms with Crippen molar-refractivity contribution in [1.29, 1.82) is 0 Å². The third-order valence-electron chi connectivity index (χ3n) is 9.38. The van der Waals surface area contributed by atoms with Crippen molar-refractivity contribution in [2.24, 2.45) is 0 Å². The molecule has 9 nitrogen and oxygen atoms in total. The van der Waals surface area contributed by atoms with Crippen LogP contribution in [0.25, 0.3) is 22.6 Å². The Bertz CT molecular complexity index is 1350. The topological polar surface area (TPSA) is 91.3 Å². The number of hydrogen-bond acceptors (Lipinski definition) is 9. The Morgan fingerprint density at radius 3 is 2.44 bits per heavy atom. The number of hydrogen-bond donors (Lipinski definition) is 0. The number of aryl methyl sites for hydroxylation is 1. The SMILES string of the molecule is CC.CCC[C@@H]([C@H](C)n1nc(C)c2c(SC)nc(-c3noc4c3CCC[C@@]43CCCCC34OCCO4)nc21)N(C)C. The second kappa shape index (κ2) is 12.3. The van der Waals surface area contributed by atoms with Crippen LogP contribution in [0.1, 0.15) is 102 Å². The first kappa shape index (κ1) is 30.4. The van der Waals surface area contributed by atoms with Crippen LogP contribution >= 0.6 is 11.8 Å². The lowest BCUT2D eigenvalue weighted by atomic mass is 9.61. The molecule has 10 heteroatoms. The molecule has 0 radical (unpaired) electrons. The monoisotopic (exact) mass is 584 g/mol. The Kier molecular flexibility index (Phi) is 9.14. The van der Waals surface area contributed by atoms with Gasteiger partial charge in [-0.3, -0.25) is 0 Å². The molecular weight excluding hydrogens is 536 g/mol. The molecule has 1 aliphatic heterocycles. The molecule has 3 aromatic rings. The molecular formula is C31H48N6O3S. The maximum Gasteiger partial charge on any atom is 0.185 e. The van der Waals surface area contributed by atoms with Crippen LogP contribution in [0.15, 0.2) is 9.55 Å². The van der Waals surface area contributed by atoms with E-state index in [1.807, 2.05) is 13.8 Å². The zero-order valence-electron chi connectivity index (χ0n) is 26.2. The van der Waals surface area contributed by atoms with Gasteiger partial charge < -0.3 is 18.9 Å². The van der Waals surface area contributed by atoms with Crippen LogP contribution in [0, 0.1) is 6.92 Å². The number of thioether (sulfide) groups is 1. The molecule has 4 heterocycles. The Hall–Kier alpha value is -2.01. The molecule has 2 aliphatic carbocycles. The van der Waals surface area contributed by atoms with Gasteiger partial charge in [-0.1, -0.05) is 38.8 Å². The van der Waals surface area contributed by atoms with E-state index >= 15 is 0 Å². The predicted octanol–water partition coefficient (Wildman–Crippen LogP) is 6.72. The van der Waals surface area contributed by atoms with Crippen LogP contribution in [-0.4, -0.2) is 75.2 Å². The van der Waals surface area contributed by atoms with Gasteiger partial charge in [0.25, 0.3) is 0 Å². The van der Waals surface area contributed by atoms with E-state index in [2.05, 4.69) is 55.9 Å². The van der Waals surface area contributed by atoms with Gasteiger partial charge in [0.2, 0.25) is 0 Å². The molecule has 2 fully saturated rings. The van der Waals surface area contributed by atoms with E-state index in [-0.39, 0.29) is 11.5 Å². The van der Waals surface area contributed by atoms with Gasteiger partial charge in [-0.05, 0) is 72.7 Å². The van der Waals surface area contributed by atoms with Crippen LogP contribution in [0.3, 0.4) is 0 Å². The first-order valence-corrected chi connectivity index (χ1v) is 16.8. The summed E-state index contributed by atoms with van der Waals surface area (Å²) in [6, 6.07) is 0.504. The number of rotatable bonds is 7. The largest absolute Gasteiger partial charge is 0.360 e. The maximum atomic E-state index is 6.39. The van der Waals surface area contributed by atoms with Crippen molar-refractivity contribution in [2.45, 2.75) is 121 Å². The van der Waals surface area contributed by atoms with Gasteiger partial charge in [0.05, 0.1) is 35.8 Å². The van der Waals surface area contributed by atoms with Gasteiger partial charge in [-0.25, -0.2) is 14.6 Å². The highest BCUT2D eigenvalue weighted by molar-refractivity contribution is 7.98. The molecule has 0 N–H and O–H groups in total. The Labute approximate surface area is 249 Å². The molecule has 0 amide bonds. The average molecular weight is 585 g/mol. The third kappa shape index (κ3) is 4.92. The lowest BCUT2D eigenvalue weighted by Gasteiger charge is -2.50. The van der Waals surface area contributed by atoms with Crippen LogP contribution in [0.2, 0.25) is 0 Å². The lowest BCUT2D eigenvalue weighted by molar-refractivity contribution is -0.235. The normalized spacial score (nSPS) is 23.1. The zero-order valence-corrected chi connectivity index (χ0v) is 27.1. The van der Waals surface area contributed by atoms with Gasteiger partial charge in [-0.2, -0.15) is 5.10 Å². The van der Waals surface area contributed by atoms with Gasteiger partial charge in [-0.15, -0.1) is 11.8 Å². The summed E-state index contributed by atoms with van der Waals surface area (Å²) in [6.45, 7) is 11.8. The van der Waals surface area contributed by atoms with Crippen molar-refractivity contribution in [3.05, 3.63) is 17.0 Å². The molecule has 3 aliphatic rings. The lowest BCUT2D eigenvalue weighted by Crippen LogP contribution is -2.56. The minimum atomic E-state index is -0.599. The predicted molar refractivity (Wildman–Crippen MR) is 163 cm³/mol. The van der Waals surface area contributed by atoms with Gasteiger partial charge in [0, 0.05) is 18.0 Å². The summed E-state index contributed by atoms with van der Waals surface area (Å²) in [5, 5.41) is 11.6. The Morgan fingerprint density at radius 1 is 1.05 bits per heavy atom. The van der Waals surface area contributed by atoms with Gasteiger partial charge >= 0.3 is 0 Å². The summed E-state index contributed by atoms with van der Waals surface area (Å²) in [4.78, 5) is 12.5. The van der Waals surface area contributed by atoms with Gasteiger partial charge in [0.15, 0.2) is 28.7 Å². The smallest absolute Gasteiger partial charge is 0.185 e. The van der Waals surface area contributed by atoms with E-state index < -0.39 is 5.79 Å². The molecule has 0 aromatic carbocycles. The molecule has 0 unspecified atom stereocenters. The average Bonchev–Trinajstić information content (AvgIpc) is 3.72. The highest BCUT2D eigenvalue weighted by Gasteiger charge is 2.61. The van der Waals surface area contributed by atoms with E-state index in [1.165, 1.54) is 0 Å². The second-order valence-electron chi connectivity index (χ2n) is 11.8. The van der Waals surface area contributed by atoms with E-state index in [9.17, 15) is 0 Å². The zero-order chi connectivity index (χ0) is 29.4. The van der Waals surface area contributed by atoms with E-state index in [0.29, 0.717) is 25.1 Å². The van der Waals surface area contributed by atoms with E-state index in [4.69, 9.17) is 29.1 Å². The Balaban J connectivity index is 0.00000165. The van der Waals surface area contributed by atoms with Crippen molar-refractivity contribution in [2.75, 3.05) is 33.6 Å². The van der Waals surface area contributed by atoms with E-state index in [0.717, 1.165) is 96.6 Å². The number of ether oxygens (including phenoxy) is 2. The fraction of sp³-hybridized carbons (Fsp3) is 0.742. The number of nitrogens with zero attached hydrogens (tertiary/aromatic N) is 6. The first-order chi connectivity index (χ1) is 19.9. The summed E-state index contributed by atoms with van der Waals surface area (Å²) in [5.74, 6) is 0.962. The Morgan fingerprint density at radius 2 is 1.76 bits per heavy atom. The summed E-state index contributed by atoms with van der Waals surface area (Å²) >= 11 is 1.63. The summed E-state index contributed by atoms with van der Waals surface area (Å²) in [5.41, 5.74) is 3.43. The summed E-state index contributed by atoms with van der Waals surface area (Å²) < 4.78 is 21.2. The second-order valence-corrected chi connectivity index (χ2v) is 12.6. The van der Waals surface area contributed by atoms with Crippen LogP contribution in [0.5, 0.6) is 0 Å². The van der Waals surface area contributed by atoms with Crippen molar-refractivity contribution < 1.29 is 14.0 Å². The molecule has 0 bridgehead atoms. The molecule has 3 atom stereocenters. The molecule has 41 heavy (non-hydrogen) atoms. The van der Waals surface area contributed by atoms with Crippen molar-refractivity contribution in [3.63, 3.8) is 0 Å². The fourth-order valence-corrected chi connectivity index (χ4v) is 8.18. The molecule has 3 aromatic heterocycles. The van der Waals surface area contributed by atoms with Crippen LogP contribution < -0.4 is 0 Å². The highest BCUT2D eigenvalue weighted by atomic mass is 32.2. The quantitative estimate of drug-likeness (QED) is 0.222. The highest BCUT2D eigenvalue weighted by Crippen LogP contribution is 2.57. The molecule has 6 rings (SSSR count). The van der Waals surface area contributed by atoms with Gasteiger partial charge in [0.1, 0.15) is 5.03 Å². The number of fused-ring (bicyclic) bond motifs is 4. The standard InChI is InChI=1S/C29H42N6O3S.C2H6/c1-7-11-21(34(4)5)19(3)35-26-22(18(2)32-35)27(39-6)31-25(30-26)23-20-12-10-14-28(24(20)38-33-23)13-8-9-15-29(28)36-16-17-37-29;1-2/h19,21H,7-17H2,1-6H3;1-2H3/t19-,21-,28-;/m0./s1. The summed E-state index contributed by atoms with van der Waals surface area (Å²) in [7, 11) is 4.30. The molecule has 1 saturated heterocycles. The van der Waals surface area contributed by atoms with Crippen LogP contribution in [-0.2, 0) is 21.3 Å². The summed E-state index contributed by atoms with van der Waals surface area (Å²) in [6.07, 6.45) is 11.4. The minimum absolute atomic E-state index is 0.155. The van der Waals surface area contributed by atoms with E-state index in [1.54, 1.807) is 11.8 Å². The van der Waals surface area contributed by atoms with Crippen molar-refractivity contribution in [1.82, 2.24) is 29.8 Å². The van der Waals surface area contributed by atoms with Crippen LogP contribution in [0.4, 0.5) is 0 Å². The first-order valence-electron chi connectivity index (χ1n) is 15.6. The minimum Gasteiger partial charge on any atom is -0.360 e. The molecule has 1 saturated carbocycles. The number of likely N-dealkylation sites (N-methyl/N-ethyl adjacent to an activating group) is 1.